The van der Waals surface area contributed by atoms with Crippen LogP contribution < -0.4 is 25.4 Å². The highest BCUT2D eigenvalue weighted by Crippen LogP contribution is 2.28. The van der Waals surface area contributed by atoms with Crippen LogP contribution in [0.15, 0.2) is 47.6 Å². The van der Waals surface area contributed by atoms with Gasteiger partial charge < -0.3 is 19.9 Å². The van der Waals surface area contributed by atoms with Gasteiger partial charge in [-0.05, 0) is 37.3 Å². The molecule has 0 atom stereocenters. The Hall–Kier alpha value is -3.55. The number of hydrazone groups is 1. The van der Waals surface area contributed by atoms with Gasteiger partial charge in [0.1, 0.15) is 5.75 Å². The largest absolute Gasteiger partial charge is 0.493 e. The lowest BCUT2D eigenvalue weighted by Gasteiger charge is -2.10. The second-order valence-electron chi connectivity index (χ2n) is 5.29. The highest BCUT2D eigenvalue weighted by atomic mass is 16.5. The Kier molecular flexibility index (Phi) is 7.18. The summed E-state index contributed by atoms with van der Waals surface area (Å²) in [5, 5.41) is 3.93. The standard InChI is InChI=1S/C19H21N3O5/c1-3-26-16-9-8-13(10-17(16)25-2)19(24)22-21-11-14-6-4-5-7-15(14)27-12-18(20)23/h4-11H,3,12H2,1-2H3,(H2,20,23)(H,22,24)/b21-11+. The van der Waals surface area contributed by atoms with Gasteiger partial charge >= 0.3 is 0 Å². The predicted molar refractivity (Wildman–Crippen MR) is 100 cm³/mol. The molecule has 8 heteroatoms. The number of hydrogen-bond acceptors (Lipinski definition) is 6. The van der Waals surface area contributed by atoms with E-state index in [1.54, 1.807) is 42.5 Å². The summed E-state index contributed by atoms with van der Waals surface area (Å²) in [7, 11) is 1.50. The molecule has 142 valence electrons. The number of nitrogens with two attached hydrogens (primary N) is 1. The molecule has 0 fully saturated rings. The Labute approximate surface area is 156 Å². The number of rotatable bonds is 9. The minimum absolute atomic E-state index is 0.247. The topological polar surface area (TPSA) is 112 Å². The molecule has 2 rings (SSSR count). The van der Waals surface area contributed by atoms with Crippen LogP contribution in [-0.4, -0.2) is 38.4 Å². The van der Waals surface area contributed by atoms with E-state index in [0.717, 1.165) is 0 Å². The van der Waals surface area contributed by atoms with E-state index in [1.165, 1.54) is 13.3 Å². The molecule has 0 aliphatic rings. The maximum absolute atomic E-state index is 12.3. The number of primary amides is 1. The molecule has 0 spiro atoms. The molecule has 0 saturated heterocycles. The molecule has 2 aromatic carbocycles. The van der Waals surface area contributed by atoms with Crippen LogP contribution in [0.25, 0.3) is 0 Å². The zero-order chi connectivity index (χ0) is 19.6. The monoisotopic (exact) mass is 371 g/mol. The number of nitrogens with one attached hydrogen (secondary N) is 1. The highest BCUT2D eigenvalue weighted by molar-refractivity contribution is 5.95. The first-order chi connectivity index (χ1) is 13.0. The molecule has 2 aromatic rings. The molecule has 8 nitrogen and oxygen atoms in total. The number of amides is 2. The molecule has 0 unspecified atom stereocenters. The van der Waals surface area contributed by atoms with Crippen LogP contribution in [0, 0.1) is 0 Å². The van der Waals surface area contributed by atoms with Gasteiger partial charge in [0.25, 0.3) is 11.8 Å². The van der Waals surface area contributed by atoms with Crippen molar-refractivity contribution >= 4 is 18.0 Å². The van der Waals surface area contributed by atoms with Gasteiger partial charge in [0.05, 0.1) is 19.9 Å². The first-order valence-electron chi connectivity index (χ1n) is 8.19. The average Bonchev–Trinajstić information content (AvgIpc) is 2.67. The third-order valence-electron chi connectivity index (χ3n) is 3.38. The Morgan fingerprint density at radius 3 is 2.59 bits per heavy atom. The van der Waals surface area contributed by atoms with Crippen molar-refractivity contribution in [2.75, 3.05) is 20.3 Å². The SMILES string of the molecule is CCOc1ccc(C(=O)N/N=C/c2ccccc2OCC(N)=O)cc1OC. The van der Waals surface area contributed by atoms with E-state index in [-0.39, 0.29) is 6.61 Å². The lowest BCUT2D eigenvalue weighted by molar-refractivity contribution is -0.119. The van der Waals surface area contributed by atoms with Gasteiger partial charge in [-0.15, -0.1) is 0 Å². The fraction of sp³-hybridized carbons (Fsp3) is 0.211. The lowest BCUT2D eigenvalue weighted by atomic mass is 10.2. The first-order valence-corrected chi connectivity index (χ1v) is 8.19. The highest BCUT2D eigenvalue weighted by Gasteiger charge is 2.10. The molecule has 0 aliphatic carbocycles. The molecular weight excluding hydrogens is 350 g/mol. The van der Waals surface area contributed by atoms with Crippen LogP contribution in [0.5, 0.6) is 17.2 Å². The minimum Gasteiger partial charge on any atom is -0.493 e. The van der Waals surface area contributed by atoms with Crippen molar-refractivity contribution in [3.8, 4) is 17.2 Å². The van der Waals surface area contributed by atoms with Crippen molar-refractivity contribution in [1.29, 1.82) is 0 Å². The van der Waals surface area contributed by atoms with Gasteiger partial charge in [0.2, 0.25) is 0 Å². The Bertz CT molecular complexity index is 836. The summed E-state index contributed by atoms with van der Waals surface area (Å²) >= 11 is 0. The van der Waals surface area contributed by atoms with Crippen LogP contribution in [0.2, 0.25) is 0 Å². The van der Waals surface area contributed by atoms with E-state index >= 15 is 0 Å². The Balaban J connectivity index is 2.06. The second-order valence-corrected chi connectivity index (χ2v) is 5.29. The normalized spacial score (nSPS) is 10.4. The van der Waals surface area contributed by atoms with Crippen molar-refractivity contribution in [2.45, 2.75) is 6.92 Å². The van der Waals surface area contributed by atoms with E-state index in [4.69, 9.17) is 19.9 Å². The number of ether oxygens (including phenoxy) is 3. The second kappa shape index (κ2) is 9.81. The third-order valence-corrected chi connectivity index (χ3v) is 3.38. The molecule has 0 saturated carbocycles. The zero-order valence-corrected chi connectivity index (χ0v) is 15.1. The van der Waals surface area contributed by atoms with E-state index in [0.29, 0.717) is 35.0 Å². The molecule has 27 heavy (non-hydrogen) atoms. The number of benzene rings is 2. The van der Waals surface area contributed by atoms with Gasteiger partial charge in [-0.25, -0.2) is 5.43 Å². The molecular formula is C19H21N3O5. The maximum atomic E-state index is 12.3. The van der Waals surface area contributed by atoms with Gasteiger partial charge in [0.15, 0.2) is 18.1 Å². The van der Waals surface area contributed by atoms with Crippen LogP contribution in [0.4, 0.5) is 0 Å². The van der Waals surface area contributed by atoms with Crippen LogP contribution >= 0.6 is 0 Å². The van der Waals surface area contributed by atoms with Crippen molar-refractivity contribution in [3.05, 3.63) is 53.6 Å². The fourth-order valence-electron chi connectivity index (χ4n) is 2.18. The zero-order valence-electron chi connectivity index (χ0n) is 15.1. The van der Waals surface area contributed by atoms with Gasteiger partial charge in [-0.2, -0.15) is 5.10 Å². The maximum Gasteiger partial charge on any atom is 0.271 e. The van der Waals surface area contributed by atoms with Crippen LogP contribution in [0.1, 0.15) is 22.8 Å². The van der Waals surface area contributed by atoms with Crippen molar-refractivity contribution in [3.63, 3.8) is 0 Å². The third kappa shape index (κ3) is 5.74. The summed E-state index contributed by atoms with van der Waals surface area (Å²) in [5.74, 6) is 0.443. The molecule has 3 N–H and O–H groups in total. The fourth-order valence-corrected chi connectivity index (χ4v) is 2.18. The van der Waals surface area contributed by atoms with Gasteiger partial charge in [0, 0.05) is 11.1 Å². The smallest absolute Gasteiger partial charge is 0.271 e. The van der Waals surface area contributed by atoms with E-state index in [2.05, 4.69) is 10.5 Å². The van der Waals surface area contributed by atoms with Crippen molar-refractivity contribution in [1.82, 2.24) is 5.43 Å². The number of methoxy groups -OCH3 is 1. The number of para-hydroxylation sites is 1. The first kappa shape index (κ1) is 19.8. The summed E-state index contributed by atoms with van der Waals surface area (Å²) in [4.78, 5) is 23.1. The number of hydrogen-bond donors (Lipinski definition) is 2. The predicted octanol–water partition coefficient (Wildman–Crippen LogP) is 1.72. The molecule has 0 bridgehead atoms. The summed E-state index contributed by atoms with van der Waals surface area (Å²) in [5.41, 5.74) is 8.46. The van der Waals surface area contributed by atoms with E-state index in [1.807, 2.05) is 6.92 Å². The molecule has 0 aromatic heterocycles. The molecule has 0 heterocycles. The lowest BCUT2D eigenvalue weighted by Crippen LogP contribution is -2.20. The van der Waals surface area contributed by atoms with Crippen molar-refractivity contribution in [2.24, 2.45) is 10.8 Å². The summed E-state index contributed by atoms with van der Waals surface area (Å²) in [6.45, 7) is 2.10. The number of carbonyl (C=O) groups is 2. The van der Waals surface area contributed by atoms with Crippen molar-refractivity contribution < 1.29 is 23.8 Å². The van der Waals surface area contributed by atoms with Crippen LogP contribution in [-0.2, 0) is 4.79 Å². The quantitative estimate of drug-likeness (QED) is 0.515. The minimum atomic E-state index is -0.584. The molecule has 0 radical (unpaired) electrons. The molecule has 2 amide bonds. The number of carbonyl (C=O) groups excluding carboxylic acids is 2. The summed E-state index contributed by atoms with van der Waals surface area (Å²) in [6, 6.07) is 11.8. The number of nitrogens with zero attached hydrogens (tertiary/aromatic N) is 1. The Morgan fingerprint density at radius 1 is 1.11 bits per heavy atom. The average molecular weight is 371 g/mol. The van der Waals surface area contributed by atoms with Gasteiger partial charge in [-0.3, -0.25) is 9.59 Å². The van der Waals surface area contributed by atoms with Gasteiger partial charge in [-0.1, -0.05) is 12.1 Å². The van der Waals surface area contributed by atoms with E-state index < -0.39 is 11.8 Å². The molecule has 0 aliphatic heterocycles. The Morgan fingerprint density at radius 2 is 1.89 bits per heavy atom. The van der Waals surface area contributed by atoms with E-state index in [9.17, 15) is 9.59 Å². The summed E-state index contributed by atoms with van der Waals surface area (Å²) < 4.78 is 15.9. The summed E-state index contributed by atoms with van der Waals surface area (Å²) in [6.07, 6.45) is 1.42. The van der Waals surface area contributed by atoms with Crippen LogP contribution in [0.3, 0.4) is 0 Å².